The number of amides is 1. The molecule has 0 aliphatic carbocycles. The Balaban J connectivity index is 2.63. The van der Waals surface area contributed by atoms with E-state index in [-0.39, 0.29) is 30.5 Å². The van der Waals surface area contributed by atoms with Crippen LogP contribution in [0.4, 0.5) is 0 Å². The summed E-state index contributed by atoms with van der Waals surface area (Å²) in [5, 5.41) is 12.1. The Morgan fingerprint density at radius 1 is 1.30 bits per heavy atom. The van der Waals surface area contributed by atoms with Crippen LogP contribution in [-0.2, 0) is 9.59 Å². The molecule has 20 heavy (non-hydrogen) atoms. The average Bonchev–Trinajstić information content (AvgIpc) is 2.43. The molecule has 116 valence electrons. The molecule has 1 aliphatic rings. The molecular formula is C15H28N2O3. The number of carboxylic acids is 1. The molecule has 2 N–H and O–H groups in total. The molecule has 1 amide bonds. The zero-order chi connectivity index (χ0) is 15.1. The first-order valence-corrected chi connectivity index (χ1v) is 7.77. The molecule has 0 spiro atoms. The first kappa shape index (κ1) is 17.0. The van der Waals surface area contributed by atoms with Crippen LogP contribution >= 0.6 is 0 Å². The minimum Gasteiger partial charge on any atom is -0.481 e. The van der Waals surface area contributed by atoms with Crippen LogP contribution in [0.2, 0.25) is 0 Å². The number of aliphatic carboxylic acids is 1. The van der Waals surface area contributed by atoms with E-state index in [1.54, 1.807) is 0 Å². The third-order valence-corrected chi connectivity index (χ3v) is 4.29. The second kappa shape index (κ2) is 8.25. The van der Waals surface area contributed by atoms with Crippen LogP contribution in [0.5, 0.6) is 0 Å². The second-order valence-electron chi connectivity index (χ2n) is 5.68. The number of carbonyl (C=O) groups excluding carboxylic acids is 1. The van der Waals surface area contributed by atoms with E-state index in [0.29, 0.717) is 0 Å². The maximum Gasteiger partial charge on any atom is 0.304 e. The molecule has 5 nitrogen and oxygen atoms in total. The van der Waals surface area contributed by atoms with Crippen LogP contribution in [0, 0.1) is 0 Å². The topological polar surface area (TPSA) is 69.6 Å². The Labute approximate surface area is 121 Å². The molecule has 0 aromatic carbocycles. The van der Waals surface area contributed by atoms with E-state index >= 15 is 0 Å². The van der Waals surface area contributed by atoms with E-state index in [0.717, 1.165) is 38.6 Å². The van der Waals surface area contributed by atoms with Crippen molar-refractivity contribution in [2.45, 2.75) is 77.4 Å². The largest absolute Gasteiger partial charge is 0.481 e. The van der Waals surface area contributed by atoms with Gasteiger partial charge in [-0.1, -0.05) is 20.3 Å². The minimum atomic E-state index is -0.783. The van der Waals surface area contributed by atoms with Crippen LogP contribution in [0.15, 0.2) is 0 Å². The zero-order valence-electron chi connectivity index (χ0n) is 12.9. The standard InChI is InChI=1S/C15H28N2O3/c1-4-12(5-2)16-15(20)11(3)17-9-7-6-8-13(17)10-14(18)19/h11-13H,4-10H2,1-3H3,(H,16,20)(H,18,19). The lowest BCUT2D eigenvalue weighted by Gasteiger charge is -2.38. The van der Waals surface area contributed by atoms with Crippen LogP contribution in [0.1, 0.15) is 59.3 Å². The van der Waals surface area contributed by atoms with Gasteiger partial charge >= 0.3 is 5.97 Å². The summed E-state index contributed by atoms with van der Waals surface area (Å²) in [5.74, 6) is -0.759. The molecule has 0 aromatic rings. The Hall–Kier alpha value is -1.10. The average molecular weight is 284 g/mol. The van der Waals surface area contributed by atoms with Crippen molar-refractivity contribution < 1.29 is 14.7 Å². The molecule has 1 rings (SSSR count). The van der Waals surface area contributed by atoms with Crippen molar-refractivity contribution in [1.29, 1.82) is 0 Å². The summed E-state index contributed by atoms with van der Waals surface area (Å²) in [6.45, 7) is 6.83. The van der Waals surface area contributed by atoms with Crippen molar-refractivity contribution >= 4 is 11.9 Å². The minimum absolute atomic E-state index is 0.0105. The van der Waals surface area contributed by atoms with E-state index < -0.39 is 5.97 Å². The fraction of sp³-hybridized carbons (Fsp3) is 0.867. The Bertz CT molecular complexity index is 329. The highest BCUT2D eigenvalue weighted by molar-refractivity contribution is 5.81. The predicted molar refractivity (Wildman–Crippen MR) is 78.6 cm³/mol. The number of carbonyl (C=O) groups is 2. The number of carboxylic acid groups (broad SMARTS) is 1. The SMILES string of the molecule is CCC(CC)NC(=O)C(C)N1CCCCC1CC(=O)O. The van der Waals surface area contributed by atoms with Gasteiger partial charge in [0.05, 0.1) is 12.5 Å². The molecule has 1 heterocycles. The maximum absolute atomic E-state index is 12.3. The highest BCUT2D eigenvalue weighted by Crippen LogP contribution is 2.22. The Morgan fingerprint density at radius 3 is 2.50 bits per heavy atom. The Kier molecular flexibility index (Phi) is 6.99. The molecule has 0 radical (unpaired) electrons. The molecule has 0 aromatic heterocycles. The van der Waals surface area contributed by atoms with Gasteiger partial charge in [0.15, 0.2) is 0 Å². The third kappa shape index (κ3) is 4.78. The molecule has 2 unspecified atom stereocenters. The highest BCUT2D eigenvalue weighted by atomic mass is 16.4. The lowest BCUT2D eigenvalue weighted by atomic mass is 9.97. The Morgan fingerprint density at radius 2 is 1.95 bits per heavy atom. The fourth-order valence-electron chi connectivity index (χ4n) is 2.92. The molecule has 1 saturated heterocycles. The number of likely N-dealkylation sites (tertiary alicyclic amines) is 1. The summed E-state index contributed by atoms with van der Waals surface area (Å²) in [7, 11) is 0. The molecule has 5 heteroatoms. The number of piperidine rings is 1. The summed E-state index contributed by atoms with van der Waals surface area (Å²) < 4.78 is 0. The number of hydrogen-bond donors (Lipinski definition) is 2. The van der Waals surface area contributed by atoms with Crippen LogP contribution in [-0.4, -0.2) is 46.6 Å². The molecule has 1 aliphatic heterocycles. The van der Waals surface area contributed by atoms with Gasteiger partial charge in [-0.25, -0.2) is 0 Å². The summed E-state index contributed by atoms with van der Waals surface area (Å²) in [6, 6.07) is -0.0448. The van der Waals surface area contributed by atoms with Crippen LogP contribution < -0.4 is 5.32 Å². The summed E-state index contributed by atoms with van der Waals surface area (Å²) in [5.41, 5.74) is 0. The van der Waals surface area contributed by atoms with Gasteiger partial charge in [-0.15, -0.1) is 0 Å². The van der Waals surface area contributed by atoms with Gasteiger partial charge in [0.1, 0.15) is 0 Å². The van der Waals surface area contributed by atoms with Crippen molar-refractivity contribution in [3.8, 4) is 0 Å². The summed E-state index contributed by atoms with van der Waals surface area (Å²) in [4.78, 5) is 25.3. The number of nitrogens with one attached hydrogen (secondary N) is 1. The molecule has 1 fully saturated rings. The lowest BCUT2D eigenvalue weighted by Crippen LogP contribution is -2.53. The van der Waals surface area contributed by atoms with Crippen LogP contribution in [0.25, 0.3) is 0 Å². The number of nitrogens with zero attached hydrogens (tertiary/aromatic N) is 1. The molecule has 0 bridgehead atoms. The first-order chi connectivity index (χ1) is 9.49. The van der Waals surface area contributed by atoms with Gasteiger partial charge in [0.25, 0.3) is 0 Å². The smallest absolute Gasteiger partial charge is 0.304 e. The van der Waals surface area contributed by atoms with E-state index in [1.807, 2.05) is 6.92 Å². The second-order valence-corrected chi connectivity index (χ2v) is 5.68. The number of hydrogen-bond acceptors (Lipinski definition) is 3. The predicted octanol–water partition coefficient (Wildman–Crippen LogP) is 2.01. The van der Waals surface area contributed by atoms with E-state index in [4.69, 9.17) is 5.11 Å². The lowest BCUT2D eigenvalue weighted by molar-refractivity contribution is -0.140. The quantitative estimate of drug-likeness (QED) is 0.750. The molecule has 0 saturated carbocycles. The molecule has 2 atom stereocenters. The monoisotopic (exact) mass is 284 g/mol. The van der Waals surface area contributed by atoms with Gasteiger partial charge in [0, 0.05) is 12.1 Å². The van der Waals surface area contributed by atoms with Crippen molar-refractivity contribution in [3.63, 3.8) is 0 Å². The van der Waals surface area contributed by atoms with Gasteiger partial charge in [-0.2, -0.15) is 0 Å². The van der Waals surface area contributed by atoms with Gasteiger partial charge in [-0.05, 0) is 39.2 Å². The first-order valence-electron chi connectivity index (χ1n) is 7.77. The fourth-order valence-corrected chi connectivity index (χ4v) is 2.92. The van der Waals surface area contributed by atoms with Gasteiger partial charge in [-0.3, -0.25) is 14.5 Å². The van der Waals surface area contributed by atoms with Gasteiger partial charge < -0.3 is 10.4 Å². The van der Waals surface area contributed by atoms with Gasteiger partial charge in [0.2, 0.25) is 5.91 Å². The summed E-state index contributed by atoms with van der Waals surface area (Å²) >= 11 is 0. The van der Waals surface area contributed by atoms with E-state index in [9.17, 15) is 9.59 Å². The van der Waals surface area contributed by atoms with Crippen molar-refractivity contribution in [2.24, 2.45) is 0 Å². The van der Waals surface area contributed by atoms with Crippen LogP contribution in [0.3, 0.4) is 0 Å². The number of rotatable bonds is 7. The zero-order valence-corrected chi connectivity index (χ0v) is 12.9. The van der Waals surface area contributed by atoms with E-state index in [2.05, 4.69) is 24.1 Å². The van der Waals surface area contributed by atoms with Crippen molar-refractivity contribution in [2.75, 3.05) is 6.54 Å². The van der Waals surface area contributed by atoms with E-state index in [1.165, 1.54) is 0 Å². The van der Waals surface area contributed by atoms with Crippen molar-refractivity contribution in [1.82, 2.24) is 10.2 Å². The normalized spacial score (nSPS) is 21.7. The van der Waals surface area contributed by atoms with Crippen molar-refractivity contribution in [3.05, 3.63) is 0 Å². The summed E-state index contributed by atoms with van der Waals surface area (Å²) in [6.07, 6.45) is 4.94. The maximum atomic E-state index is 12.3. The third-order valence-electron chi connectivity index (χ3n) is 4.29. The highest BCUT2D eigenvalue weighted by Gasteiger charge is 2.31. The molecular weight excluding hydrogens is 256 g/mol.